The highest BCUT2D eigenvalue weighted by Crippen LogP contribution is 2.54. The molecule has 0 radical (unpaired) electrons. The van der Waals surface area contributed by atoms with Crippen LogP contribution in [0.25, 0.3) is 0 Å². The fraction of sp³-hybridized carbons (Fsp3) is 0.500. The zero-order valence-corrected chi connectivity index (χ0v) is 19.5. The molecule has 2 N–H and O–H groups in total. The number of benzene rings is 1. The van der Waals surface area contributed by atoms with Crippen molar-refractivity contribution in [1.29, 1.82) is 0 Å². The largest absolute Gasteiger partial charge is 0.458 e. The summed E-state index contributed by atoms with van der Waals surface area (Å²) in [5.41, 5.74) is -0.187. The Balaban J connectivity index is 1.97. The number of piperidine rings is 1. The minimum absolute atomic E-state index is 0.0744. The van der Waals surface area contributed by atoms with Crippen LogP contribution < -0.4 is 15.4 Å². The lowest BCUT2D eigenvalue weighted by Crippen LogP contribution is -2.54. The molecule has 2 fully saturated rings. The number of carbonyl (C=O) groups excluding carboxylic acids is 2. The Morgan fingerprint density at radius 2 is 1.84 bits per heavy atom. The Bertz CT molecular complexity index is 994. The molecule has 1 spiro atoms. The smallest absolute Gasteiger partial charge is 0.242 e. The number of allylic oxidation sites excluding steroid dienone is 2. The van der Waals surface area contributed by atoms with E-state index in [1.165, 1.54) is 12.1 Å². The average molecular weight is 461 g/mol. The van der Waals surface area contributed by atoms with Crippen LogP contribution in [-0.2, 0) is 19.4 Å². The summed E-state index contributed by atoms with van der Waals surface area (Å²) in [5.74, 6) is 0.449. The first kappa shape index (κ1) is 24.2. The van der Waals surface area contributed by atoms with Gasteiger partial charge in [-0.15, -0.1) is 0 Å². The molecular formula is C24H32N2O5S. The fourth-order valence-electron chi connectivity index (χ4n) is 4.82. The summed E-state index contributed by atoms with van der Waals surface area (Å²) in [6.45, 7) is 8.66. The van der Waals surface area contributed by atoms with Crippen molar-refractivity contribution >= 4 is 22.0 Å². The molecular weight excluding hydrogens is 428 g/mol. The zero-order valence-electron chi connectivity index (χ0n) is 18.7. The van der Waals surface area contributed by atoms with Crippen LogP contribution in [-0.4, -0.2) is 44.5 Å². The molecule has 1 aromatic rings. The third-order valence-corrected chi connectivity index (χ3v) is 9.19. The van der Waals surface area contributed by atoms with Crippen molar-refractivity contribution < 1.29 is 22.7 Å². The first-order valence-electron chi connectivity index (χ1n) is 11.0. The van der Waals surface area contributed by atoms with Gasteiger partial charge in [0.05, 0.1) is 10.9 Å². The number of ether oxygens (including phenoxy) is 1. The molecule has 1 aliphatic heterocycles. The summed E-state index contributed by atoms with van der Waals surface area (Å²) in [6.07, 6.45) is 6.77. The number of rotatable bonds is 8. The Labute approximate surface area is 190 Å². The number of hydrogen-bond acceptors (Lipinski definition) is 6. The van der Waals surface area contributed by atoms with Gasteiger partial charge in [-0.1, -0.05) is 6.58 Å². The predicted octanol–water partition coefficient (Wildman–Crippen LogP) is 2.93. The van der Waals surface area contributed by atoms with E-state index in [0.717, 1.165) is 25.9 Å². The van der Waals surface area contributed by atoms with Gasteiger partial charge in [0.2, 0.25) is 5.91 Å². The SMILES string of the molecule is C=CC(=CC)Oc1ccc(S(=O)(=O)C2(C(=O)NC(C)C=O)CCC3(CCNCC3)C2)cc1. The quantitative estimate of drug-likeness (QED) is 0.351. The Kier molecular flexibility index (Phi) is 7.25. The molecule has 32 heavy (non-hydrogen) atoms. The van der Waals surface area contributed by atoms with Gasteiger partial charge in [-0.3, -0.25) is 4.79 Å². The van der Waals surface area contributed by atoms with E-state index >= 15 is 0 Å². The van der Waals surface area contributed by atoms with E-state index in [1.54, 1.807) is 31.2 Å². The molecule has 0 aromatic heterocycles. The second kappa shape index (κ2) is 9.58. The van der Waals surface area contributed by atoms with Crippen molar-refractivity contribution in [2.24, 2.45) is 5.41 Å². The van der Waals surface area contributed by atoms with Crippen molar-refractivity contribution in [2.75, 3.05) is 13.1 Å². The van der Waals surface area contributed by atoms with Crippen molar-refractivity contribution in [3.05, 3.63) is 48.8 Å². The molecule has 1 saturated heterocycles. The lowest BCUT2D eigenvalue weighted by molar-refractivity contribution is -0.126. The first-order valence-corrected chi connectivity index (χ1v) is 12.5. The fourth-order valence-corrected chi connectivity index (χ4v) is 6.93. The van der Waals surface area contributed by atoms with E-state index in [-0.39, 0.29) is 23.2 Å². The van der Waals surface area contributed by atoms with Crippen LogP contribution in [0.4, 0.5) is 0 Å². The summed E-state index contributed by atoms with van der Waals surface area (Å²) >= 11 is 0. The van der Waals surface area contributed by atoms with Gasteiger partial charge in [0.1, 0.15) is 17.8 Å². The van der Waals surface area contributed by atoms with Crippen LogP contribution >= 0.6 is 0 Å². The monoisotopic (exact) mass is 460 g/mol. The van der Waals surface area contributed by atoms with E-state index in [2.05, 4.69) is 17.2 Å². The molecule has 1 saturated carbocycles. The van der Waals surface area contributed by atoms with Crippen molar-refractivity contribution in [1.82, 2.24) is 10.6 Å². The summed E-state index contributed by atoms with van der Waals surface area (Å²) < 4.78 is 31.9. The third-order valence-electron chi connectivity index (χ3n) is 6.73. The number of nitrogens with one attached hydrogen (secondary N) is 2. The number of sulfone groups is 1. The zero-order chi connectivity index (χ0) is 23.4. The van der Waals surface area contributed by atoms with Gasteiger partial charge in [0.25, 0.3) is 0 Å². The van der Waals surface area contributed by atoms with Crippen LogP contribution in [0.3, 0.4) is 0 Å². The maximum atomic E-state index is 13.9. The second-order valence-electron chi connectivity index (χ2n) is 8.79. The van der Waals surface area contributed by atoms with E-state index in [9.17, 15) is 18.0 Å². The molecule has 1 aromatic carbocycles. The van der Waals surface area contributed by atoms with Crippen LogP contribution in [0.15, 0.2) is 53.7 Å². The molecule has 1 heterocycles. The number of amides is 1. The predicted molar refractivity (Wildman–Crippen MR) is 123 cm³/mol. The molecule has 2 aliphatic rings. The minimum atomic E-state index is -4.02. The van der Waals surface area contributed by atoms with Gasteiger partial charge in [0, 0.05) is 0 Å². The second-order valence-corrected chi connectivity index (χ2v) is 11.1. The molecule has 8 heteroatoms. The average Bonchev–Trinajstić information content (AvgIpc) is 3.18. The van der Waals surface area contributed by atoms with Crippen molar-refractivity contribution in [2.45, 2.75) is 61.6 Å². The Morgan fingerprint density at radius 3 is 2.41 bits per heavy atom. The lowest BCUT2D eigenvalue weighted by atomic mass is 9.77. The highest BCUT2D eigenvalue weighted by Gasteiger charge is 2.60. The highest BCUT2D eigenvalue weighted by molar-refractivity contribution is 7.93. The molecule has 1 aliphatic carbocycles. The van der Waals surface area contributed by atoms with E-state index in [1.807, 2.05) is 6.92 Å². The van der Waals surface area contributed by atoms with Gasteiger partial charge in [0.15, 0.2) is 14.6 Å². The van der Waals surface area contributed by atoms with Gasteiger partial charge in [-0.25, -0.2) is 8.42 Å². The van der Waals surface area contributed by atoms with Gasteiger partial charge in [-0.05, 0) is 101 Å². The summed E-state index contributed by atoms with van der Waals surface area (Å²) in [7, 11) is -4.02. The van der Waals surface area contributed by atoms with Crippen LogP contribution in [0.5, 0.6) is 5.75 Å². The van der Waals surface area contributed by atoms with Crippen LogP contribution in [0.2, 0.25) is 0 Å². The highest BCUT2D eigenvalue weighted by atomic mass is 32.2. The van der Waals surface area contributed by atoms with E-state index < -0.39 is 26.5 Å². The first-order chi connectivity index (χ1) is 15.2. The lowest BCUT2D eigenvalue weighted by Gasteiger charge is -2.36. The van der Waals surface area contributed by atoms with Crippen LogP contribution in [0.1, 0.15) is 46.0 Å². The van der Waals surface area contributed by atoms with Crippen molar-refractivity contribution in [3.63, 3.8) is 0 Å². The summed E-state index contributed by atoms with van der Waals surface area (Å²) in [5, 5.41) is 5.93. The van der Waals surface area contributed by atoms with Crippen LogP contribution in [0, 0.1) is 5.41 Å². The third kappa shape index (κ3) is 4.52. The van der Waals surface area contributed by atoms with E-state index in [0.29, 0.717) is 24.2 Å². The Hall–Kier alpha value is -2.45. The maximum absolute atomic E-state index is 13.9. The number of aldehydes is 1. The van der Waals surface area contributed by atoms with Crippen molar-refractivity contribution in [3.8, 4) is 5.75 Å². The summed E-state index contributed by atoms with van der Waals surface area (Å²) in [4.78, 5) is 24.6. The Morgan fingerprint density at radius 1 is 1.19 bits per heavy atom. The van der Waals surface area contributed by atoms with Gasteiger partial charge >= 0.3 is 0 Å². The number of carbonyl (C=O) groups is 2. The van der Waals surface area contributed by atoms with Gasteiger partial charge < -0.3 is 20.2 Å². The minimum Gasteiger partial charge on any atom is -0.458 e. The van der Waals surface area contributed by atoms with E-state index in [4.69, 9.17) is 4.74 Å². The molecule has 2 atom stereocenters. The summed E-state index contributed by atoms with van der Waals surface area (Å²) in [6, 6.07) is 5.36. The standard InChI is InChI=1S/C24H32N2O5S/c1-4-19(5-2)31-20-6-8-21(9-7-20)32(29,30)24(22(28)26-18(3)16-27)11-10-23(17-24)12-14-25-15-13-23/h4-9,16,18,25H,1,10-15,17H2,2-3H3,(H,26,28). The molecule has 3 rings (SSSR count). The topological polar surface area (TPSA) is 102 Å². The maximum Gasteiger partial charge on any atom is 0.242 e. The molecule has 2 unspecified atom stereocenters. The molecule has 7 nitrogen and oxygen atoms in total. The molecule has 1 amide bonds. The normalized spacial score (nSPS) is 24.0. The molecule has 174 valence electrons. The molecule has 0 bridgehead atoms. The number of hydrogen-bond donors (Lipinski definition) is 2. The van der Waals surface area contributed by atoms with Gasteiger partial charge in [-0.2, -0.15) is 0 Å².